The van der Waals surface area contributed by atoms with Crippen molar-refractivity contribution in [2.24, 2.45) is 5.10 Å². The first kappa shape index (κ1) is 26.0. The molecule has 2 amide bonds. The summed E-state index contributed by atoms with van der Waals surface area (Å²) in [5, 5.41) is 8.37. The van der Waals surface area contributed by atoms with E-state index >= 15 is 4.39 Å². The molecule has 1 heterocycles. The molecule has 0 saturated heterocycles. The van der Waals surface area contributed by atoms with Crippen LogP contribution < -0.4 is 19.5 Å². The number of carbonyl (C=O) groups excluding carboxylic acids is 1. The van der Waals surface area contributed by atoms with Crippen molar-refractivity contribution in [1.29, 1.82) is 0 Å². The number of nitrogens with one attached hydrogen (secondary N) is 2. The van der Waals surface area contributed by atoms with Crippen LogP contribution >= 0.6 is 0 Å². The Kier molecular flexibility index (Phi) is 7.35. The Balaban J connectivity index is 1.81. The van der Waals surface area contributed by atoms with E-state index < -0.39 is 27.9 Å². The van der Waals surface area contributed by atoms with E-state index in [1.54, 1.807) is 48.5 Å². The maximum atomic E-state index is 15.8. The minimum Gasteiger partial charge on any atom is -0.493 e. The monoisotopic (exact) mass is 526 g/mol. The summed E-state index contributed by atoms with van der Waals surface area (Å²) in [5.74, 6) is -0.526. The maximum Gasteiger partial charge on any atom is 0.337 e. The number of fused-ring (bicyclic) bond motifs is 1. The number of hydrogen-bond donors (Lipinski definition) is 2. The number of sulfonamides is 1. The smallest absolute Gasteiger partial charge is 0.337 e. The highest BCUT2D eigenvalue weighted by atomic mass is 32.2. The molecule has 11 heteroatoms. The molecule has 1 aliphatic heterocycles. The maximum absolute atomic E-state index is 15.8. The van der Waals surface area contributed by atoms with Crippen molar-refractivity contribution in [3.63, 3.8) is 0 Å². The summed E-state index contributed by atoms with van der Waals surface area (Å²) in [4.78, 5) is 12.7. The number of benzene rings is 3. The van der Waals surface area contributed by atoms with Gasteiger partial charge in [-0.3, -0.25) is 4.72 Å². The summed E-state index contributed by atoms with van der Waals surface area (Å²) in [7, 11) is 0.460. The molecule has 0 radical (unpaired) electrons. The summed E-state index contributed by atoms with van der Waals surface area (Å²) in [6, 6.07) is 15.1. The summed E-state index contributed by atoms with van der Waals surface area (Å²) in [6.45, 7) is 1.81. The van der Waals surface area contributed by atoms with Crippen LogP contribution in [0.25, 0.3) is 0 Å². The van der Waals surface area contributed by atoms with Gasteiger partial charge in [-0.2, -0.15) is 5.10 Å². The average Bonchev–Trinajstić information content (AvgIpc) is 3.05. The Labute approximate surface area is 214 Å². The van der Waals surface area contributed by atoms with Gasteiger partial charge in [-0.25, -0.2) is 22.6 Å². The molecule has 0 bridgehead atoms. The Morgan fingerprint density at radius 2 is 1.76 bits per heavy atom. The molecule has 0 aliphatic carbocycles. The van der Waals surface area contributed by atoms with Gasteiger partial charge in [0.1, 0.15) is 5.71 Å². The lowest BCUT2D eigenvalue weighted by Crippen LogP contribution is -2.41. The fourth-order valence-corrected chi connectivity index (χ4v) is 5.23. The van der Waals surface area contributed by atoms with Crippen LogP contribution in [-0.4, -0.2) is 52.5 Å². The van der Waals surface area contributed by atoms with Crippen molar-refractivity contribution >= 4 is 27.5 Å². The molecule has 0 aromatic heterocycles. The number of nitrogens with zero attached hydrogens (tertiary/aromatic N) is 2. The van der Waals surface area contributed by atoms with Crippen LogP contribution in [-0.2, 0) is 16.4 Å². The Morgan fingerprint density at radius 1 is 1.08 bits per heavy atom. The molecular formula is C26H27FN4O5S. The van der Waals surface area contributed by atoms with Gasteiger partial charge in [0.25, 0.3) is 10.0 Å². The van der Waals surface area contributed by atoms with Crippen LogP contribution in [0.2, 0.25) is 0 Å². The molecule has 37 heavy (non-hydrogen) atoms. The molecule has 2 N–H and O–H groups in total. The van der Waals surface area contributed by atoms with Crippen LogP contribution in [0.1, 0.15) is 23.6 Å². The number of methoxy groups -OCH3 is 2. The number of amides is 2. The second kappa shape index (κ2) is 10.5. The molecule has 0 saturated carbocycles. The Morgan fingerprint density at radius 3 is 2.35 bits per heavy atom. The van der Waals surface area contributed by atoms with Crippen LogP contribution in [0, 0.1) is 5.82 Å². The molecule has 1 unspecified atom stereocenters. The van der Waals surface area contributed by atoms with E-state index in [0.717, 1.165) is 0 Å². The van der Waals surface area contributed by atoms with E-state index in [1.807, 2.05) is 6.92 Å². The van der Waals surface area contributed by atoms with Crippen molar-refractivity contribution < 1.29 is 27.1 Å². The third kappa shape index (κ3) is 5.08. The highest BCUT2D eigenvalue weighted by Crippen LogP contribution is 2.38. The number of ether oxygens (including phenoxy) is 2. The first-order valence-electron chi connectivity index (χ1n) is 11.4. The van der Waals surface area contributed by atoms with E-state index in [1.165, 1.54) is 38.4 Å². The number of hydrazone groups is 1. The second-order valence-electron chi connectivity index (χ2n) is 8.36. The Hall–Kier alpha value is -4.12. The minimum absolute atomic E-state index is 0.0813. The number of rotatable bonds is 6. The number of anilines is 1. The van der Waals surface area contributed by atoms with Gasteiger partial charge in [-0.15, -0.1) is 0 Å². The third-order valence-electron chi connectivity index (χ3n) is 5.96. The predicted octanol–water partition coefficient (Wildman–Crippen LogP) is 3.98. The largest absolute Gasteiger partial charge is 0.493 e. The Bertz CT molecular complexity index is 1440. The molecule has 3 aromatic carbocycles. The van der Waals surface area contributed by atoms with Crippen molar-refractivity contribution in [2.45, 2.75) is 24.3 Å². The zero-order chi connectivity index (χ0) is 26.7. The van der Waals surface area contributed by atoms with Crippen molar-refractivity contribution in [1.82, 2.24) is 10.3 Å². The highest BCUT2D eigenvalue weighted by Gasteiger charge is 2.31. The minimum atomic E-state index is -3.79. The summed E-state index contributed by atoms with van der Waals surface area (Å²) in [6.07, 6.45) is 0.308. The summed E-state index contributed by atoms with van der Waals surface area (Å²) >= 11 is 0. The van der Waals surface area contributed by atoms with E-state index in [2.05, 4.69) is 15.1 Å². The van der Waals surface area contributed by atoms with Crippen LogP contribution in [0.5, 0.6) is 11.5 Å². The average molecular weight is 527 g/mol. The van der Waals surface area contributed by atoms with Crippen molar-refractivity contribution in [2.75, 3.05) is 26.0 Å². The molecule has 9 nitrogen and oxygen atoms in total. The zero-order valence-corrected chi connectivity index (χ0v) is 21.6. The fourth-order valence-electron chi connectivity index (χ4n) is 4.15. The number of halogens is 1. The second-order valence-corrected chi connectivity index (χ2v) is 10.0. The van der Waals surface area contributed by atoms with E-state index in [9.17, 15) is 13.2 Å². The van der Waals surface area contributed by atoms with Crippen LogP contribution in [0.4, 0.5) is 14.9 Å². The molecule has 0 fully saturated rings. The van der Waals surface area contributed by atoms with Gasteiger partial charge in [0.15, 0.2) is 17.3 Å². The third-order valence-corrected chi connectivity index (χ3v) is 7.35. The topological polar surface area (TPSA) is 109 Å². The fraction of sp³-hybridized carbons (Fsp3) is 0.231. The standard InChI is InChI=1S/C26H27FN4O5S/c1-16-14-18-15-21(35-3)25(36-4)23(27)22(18)24(29-31(16)26(32)28-2)17-10-12-19(13-11-17)30-37(33,34)20-8-6-5-7-9-20/h5-13,15-16,30H,14H2,1-4H3,(H,28,32). The lowest BCUT2D eigenvalue weighted by molar-refractivity contribution is 0.184. The lowest BCUT2D eigenvalue weighted by Gasteiger charge is -2.22. The molecule has 1 aliphatic rings. The number of urea groups is 1. The molecule has 4 rings (SSSR count). The first-order chi connectivity index (χ1) is 17.7. The zero-order valence-electron chi connectivity index (χ0n) is 20.8. The molecule has 3 aromatic rings. The van der Waals surface area contributed by atoms with Gasteiger partial charge >= 0.3 is 6.03 Å². The van der Waals surface area contributed by atoms with Gasteiger partial charge in [-0.1, -0.05) is 30.3 Å². The molecular weight excluding hydrogens is 499 g/mol. The van der Waals surface area contributed by atoms with Gasteiger partial charge in [0.05, 0.1) is 25.2 Å². The van der Waals surface area contributed by atoms with E-state index in [-0.39, 0.29) is 27.7 Å². The summed E-state index contributed by atoms with van der Waals surface area (Å²) < 4.78 is 54.4. The molecule has 194 valence electrons. The quantitative estimate of drug-likeness (QED) is 0.505. The van der Waals surface area contributed by atoms with Gasteiger partial charge in [-0.05, 0) is 49.2 Å². The van der Waals surface area contributed by atoms with Gasteiger partial charge in [0, 0.05) is 23.9 Å². The highest BCUT2D eigenvalue weighted by molar-refractivity contribution is 7.92. The van der Waals surface area contributed by atoms with Crippen molar-refractivity contribution in [3.8, 4) is 11.5 Å². The van der Waals surface area contributed by atoms with Crippen LogP contribution in [0.15, 0.2) is 70.7 Å². The SMILES string of the molecule is CNC(=O)N1N=C(c2ccc(NS(=O)(=O)c3ccccc3)cc2)c2c(cc(OC)c(OC)c2F)CC1C. The van der Waals surface area contributed by atoms with Crippen LogP contribution in [0.3, 0.4) is 0 Å². The lowest BCUT2D eigenvalue weighted by atomic mass is 9.93. The normalized spacial score (nSPS) is 15.2. The number of carbonyl (C=O) groups is 1. The van der Waals surface area contributed by atoms with E-state index in [4.69, 9.17) is 9.47 Å². The number of hydrogen-bond acceptors (Lipinski definition) is 6. The van der Waals surface area contributed by atoms with Gasteiger partial charge in [0.2, 0.25) is 0 Å². The van der Waals surface area contributed by atoms with Crippen molar-refractivity contribution in [3.05, 3.63) is 83.2 Å². The first-order valence-corrected chi connectivity index (χ1v) is 12.9. The molecule has 1 atom stereocenters. The predicted molar refractivity (Wildman–Crippen MR) is 138 cm³/mol. The molecule has 0 spiro atoms. The van der Waals surface area contributed by atoms with E-state index in [0.29, 0.717) is 23.2 Å². The van der Waals surface area contributed by atoms with Gasteiger partial charge < -0.3 is 14.8 Å². The summed E-state index contributed by atoms with van der Waals surface area (Å²) in [5.41, 5.74) is 1.73.